The highest BCUT2D eigenvalue weighted by Crippen LogP contribution is 2.25. The van der Waals surface area contributed by atoms with Crippen LogP contribution < -0.4 is 5.32 Å². The molecule has 5 nitrogen and oxygen atoms in total. The van der Waals surface area contributed by atoms with E-state index in [9.17, 15) is 9.59 Å². The van der Waals surface area contributed by atoms with Gasteiger partial charge < -0.3 is 15.1 Å². The lowest BCUT2D eigenvalue weighted by Crippen LogP contribution is -2.53. The molecule has 1 aromatic rings. The first kappa shape index (κ1) is 21.5. The molecule has 6 heteroatoms. The Hall–Kier alpha value is -1.59. The predicted octanol–water partition coefficient (Wildman–Crippen LogP) is 2.09. The van der Waals surface area contributed by atoms with Crippen LogP contribution in [0.1, 0.15) is 31.4 Å². The lowest BCUT2D eigenvalue weighted by atomic mass is 9.92. The van der Waals surface area contributed by atoms with Gasteiger partial charge in [-0.05, 0) is 24.1 Å². The van der Waals surface area contributed by atoms with Gasteiger partial charge in [-0.25, -0.2) is 0 Å². The van der Waals surface area contributed by atoms with E-state index in [1.807, 2.05) is 40.1 Å². The van der Waals surface area contributed by atoms with Crippen molar-refractivity contribution in [3.8, 4) is 0 Å². The number of likely N-dealkylation sites (N-methyl/N-ethyl adjacent to an activating group) is 2. The van der Waals surface area contributed by atoms with Crippen LogP contribution in [0.15, 0.2) is 24.3 Å². The highest BCUT2D eigenvalue weighted by molar-refractivity contribution is 5.88. The highest BCUT2D eigenvalue weighted by atomic mass is 35.5. The number of fused-ring (bicyclic) bond motifs is 1. The molecule has 0 aromatic heterocycles. The number of rotatable bonds is 6. The van der Waals surface area contributed by atoms with Crippen LogP contribution in [0.5, 0.6) is 0 Å². The van der Waals surface area contributed by atoms with Crippen molar-refractivity contribution in [1.29, 1.82) is 0 Å². The summed E-state index contributed by atoms with van der Waals surface area (Å²) in [4.78, 5) is 29.1. The van der Waals surface area contributed by atoms with Gasteiger partial charge in [-0.2, -0.15) is 0 Å². The average molecular weight is 368 g/mol. The van der Waals surface area contributed by atoms with Gasteiger partial charge in [0.05, 0.1) is 0 Å². The molecule has 1 heterocycles. The van der Waals surface area contributed by atoms with Crippen molar-refractivity contribution in [2.24, 2.45) is 5.92 Å². The van der Waals surface area contributed by atoms with Gasteiger partial charge in [-0.15, -0.1) is 12.4 Å². The summed E-state index contributed by atoms with van der Waals surface area (Å²) in [5.74, 6) is 0.379. The van der Waals surface area contributed by atoms with Crippen LogP contribution >= 0.6 is 12.4 Å². The molecule has 1 unspecified atom stereocenters. The minimum Gasteiger partial charge on any atom is -0.343 e. The Morgan fingerprint density at radius 3 is 2.52 bits per heavy atom. The van der Waals surface area contributed by atoms with Gasteiger partial charge >= 0.3 is 0 Å². The fourth-order valence-electron chi connectivity index (χ4n) is 3.12. The lowest BCUT2D eigenvalue weighted by Gasteiger charge is -2.38. The van der Waals surface area contributed by atoms with E-state index in [0.717, 1.165) is 12.1 Å². The number of amides is 2. The number of hydrogen-bond acceptors (Lipinski definition) is 3. The van der Waals surface area contributed by atoms with Crippen LogP contribution in [0, 0.1) is 5.92 Å². The molecule has 0 saturated carbocycles. The van der Waals surface area contributed by atoms with Crippen molar-refractivity contribution in [3.05, 3.63) is 35.4 Å². The molecule has 0 radical (unpaired) electrons. The van der Waals surface area contributed by atoms with Crippen LogP contribution in [0.3, 0.4) is 0 Å². The highest BCUT2D eigenvalue weighted by Gasteiger charge is 2.35. The third kappa shape index (κ3) is 5.44. The Kier molecular flexibility index (Phi) is 8.39. The number of carbonyl (C=O) groups is 2. The molecule has 25 heavy (non-hydrogen) atoms. The zero-order valence-corrected chi connectivity index (χ0v) is 16.4. The van der Waals surface area contributed by atoms with Gasteiger partial charge in [0.25, 0.3) is 0 Å². The summed E-state index contributed by atoms with van der Waals surface area (Å²) in [5, 5.41) is 3.06. The second-order valence-electron chi connectivity index (χ2n) is 6.97. The molecular formula is C19H30ClN3O2. The summed E-state index contributed by atoms with van der Waals surface area (Å²) in [7, 11) is 3.68. The van der Waals surface area contributed by atoms with E-state index in [1.165, 1.54) is 5.56 Å². The molecule has 0 saturated heterocycles. The fourth-order valence-corrected chi connectivity index (χ4v) is 3.12. The van der Waals surface area contributed by atoms with E-state index in [0.29, 0.717) is 25.9 Å². The SMILES string of the molecule is CNCCN(C)C(=O)C1Cc2ccccc2CN1C(=O)CC(C)C.Cl. The van der Waals surface area contributed by atoms with E-state index >= 15 is 0 Å². The second kappa shape index (κ2) is 9.78. The van der Waals surface area contributed by atoms with Crippen molar-refractivity contribution in [2.45, 2.75) is 39.3 Å². The Bertz CT molecular complexity index is 592. The van der Waals surface area contributed by atoms with E-state index < -0.39 is 6.04 Å². The zero-order valence-electron chi connectivity index (χ0n) is 15.6. The number of carbonyl (C=O) groups excluding carboxylic acids is 2. The molecule has 1 N–H and O–H groups in total. The van der Waals surface area contributed by atoms with E-state index in [1.54, 1.807) is 9.80 Å². The molecule has 0 fully saturated rings. The largest absolute Gasteiger partial charge is 0.343 e. The standard InChI is InChI=1S/C19H29N3O2.ClH/c1-14(2)11-18(23)22-13-16-8-6-5-7-15(16)12-17(22)19(24)21(4)10-9-20-3;/h5-8,14,17,20H,9-13H2,1-4H3;1H. The maximum absolute atomic E-state index is 12.9. The molecule has 1 aromatic carbocycles. The van der Waals surface area contributed by atoms with Gasteiger partial charge in [0.2, 0.25) is 11.8 Å². The minimum absolute atomic E-state index is 0. The molecular weight excluding hydrogens is 338 g/mol. The first-order chi connectivity index (χ1) is 11.4. The maximum Gasteiger partial charge on any atom is 0.245 e. The summed E-state index contributed by atoms with van der Waals surface area (Å²) in [6.45, 7) is 5.97. The Labute approximate surface area is 157 Å². The van der Waals surface area contributed by atoms with E-state index in [4.69, 9.17) is 0 Å². The van der Waals surface area contributed by atoms with Gasteiger partial charge in [0, 0.05) is 39.5 Å². The van der Waals surface area contributed by atoms with Crippen LogP contribution in [0.4, 0.5) is 0 Å². The summed E-state index contributed by atoms with van der Waals surface area (Å²) < 4.78 is 0. The van der Waals surface area contributed by atoms with Gasteiger partial charge in [-0.3, -0.25) is 9.59 Å². The number of benzene rings is 1. The molecule has 0 aliphatic carbocycles. The normalized spacial score (nSPS) is 16.2. The molecule has 1 aliphatic rings. The molecule has 0 spiro atoms. The smallest absolute Gasteiger partial charge is 0.245 e. The first-order valence-corrected chi connectivity index (χ1v) is 8.69. The Morgan fingerprint density at radius 2 is 1.92 bits per heavy atom. The quantitative estimate of drug-likeness (QED) is 0.837. The molecule has 0 bridgehead atoms. The predicted molar refractivity (Wildman–Crippen MR) is 103 cm³/mol. The summed E-state index contributed by atoms with van der Waals surface area (Å²) in [5.41, 5.74) is 2.32. The Morgan fingerprint density at radius 1 is 1.28 bits per heavy atom. The number of nitrogens with zero attached hydrogens (tertiary/aromatic N) is 2. The summed E-state index contributed by atoms with van der Waals surface area (Å²) >= 11 is 0. The second-order valence-corrected chi connectivity index (χ2v) is 6.97. The van der Waals surface area contributed by atoms with Crippen molar-refractivity contribution in [1.82, 2.24) is 15.1 Å². The van der Waals surface area contributed by atoms with Crippen molar-refractivity contribution in [3.63, 3.8) is 0 Å². The van der Waals surface area contributed by atoms with Crippen LogP contribution in [-0.4, -0.2) is 54.8 Å². The molecule has 1 aliphatic heterocycles. The number of nitrogens with one attached hydrogen (secondary N) is 1. The Balaban J connectivity index is 0.00000312. The van der Waals surface area contributed by atoms with E-state index in [-0.39, 0.29) is 30.1 Å². The van der Waals surface area contributed by atoms with Crippen molar-refractivity contribution >= 4 is 24.2 Å². The third-order valence-electron chi connectivity index (χ3n) is 4.51. The average Bonchev–Trinajstić information content (AvgIpc) is 2.57. The molecule has 2 amide bonds. The molecule has 1 atom stereocenters. The monoisotopic (exact) mass is 367 g/mol. The number of hydrogen-bond donors (Lipinski definition) is 1. The van der Waals surface area contributed by atoms with Crippen molar-refractivity contribution in [2.75, 3.05) is 27.2 Å². The fraction of sp³-hybridized carbons (Fsp3) is 0.579. The zero-order chi connectivity index (χ0) is 17.7. The maximum atomic E-state index is 12.9. The number of halogens is 1. The lowest BCUT2D eigenvalue weighted by molar-refractivity contribution is -0.146. The van der Waals surface area contributed by atoms with Crippen LogP contribution in [0.2, 0.25) is 0 Å². The van der Waals surface area contributed by atoms with Gasteiger partial charge in [0.15, 0.2) is 0 Å². The third-order valence-corrected chi connectivity index (χ3v) is 4.51. The van der Waals surface area contributed by atoms with Gasteiger partial charge in [0.1, 0.15) is 6.04 Å². The van der Waals surface area contributed by atoms with Gasteiger partial charge in [-0.1, -0.05) is 38.1 Å². The summed E-state index contributed by atoms with van der Waals surface area (Å²) in [6, 6.07) is 7.71. The summed E-state index contributed by atoms with van der Waals surface area (Å²) in [6.07, 6.45) is 1.08. The van der Waals surface area contributed by atoms with Crippen LogP contribution in [-0.2, 0) is 22.6 Å². The topological polar surface area (TPSA) is 52.7 Å². The minimum atomic E-state index is -0.395. The van der Waals surface area contributed by atoms with Crippen LogP contribution in [0.25, 0.3) is 0 Å². The van der Waals surface area contributed by atoms with Crippen molar-refractivity contribution < 1.29 is 9.59 Å². The molecule has 140 valence electrons. The molecule has 2 rings (SSSR count). The van der Waals surface area contributed by atoms with E-state index in [2.05, 4.69) is 17.4 Å². The first-order valence-electron chi connectivity index (χ1n) is 8.69.